The van der Waals surface area contributed by atoms with Crippen molar-refractivity contribution < 1.29 is 4.52 Å². The summed E-state index contributed by atoms with van der Waals surface area (Å²) in [4.78, 5) is 6.86. The van der Waals surface area contributed by atoms with Gasteiger partial charge in [0.1, 0.15) is 0 Å². The summed E-state index contributed by atoms with van der Waals surface area (Å²) in [5.41, 5.74) is 0.801. The summed E-state index contributed by atoms with van der Waals surface area (Å²) in [6, 6.07) is 8.42. The maximum absolute atomic E-state index is 6.17. The van der Waals surface area contributed by atoms with Crippen LogP contribution in [-0.4, -0.2) is 40.2 Å². The predicted molar refractivity (Wildman–Crippen MR) is 82.1 cm³/mol. The van der Waals surface area contributed by atoms with Crippen molar-refractivity contribution in [3.63, 3.8) is 0 Å². The quantitative estimate of drug-likeness (QED) is 0.944. The van der Waals surface area contributed by atoms with Gasteiger partial charge in [0, 0.05) is 30.7 Å². The molecule has 0 amide bonds. The molecule has 1 fully saturated rings. The lowest BCUT2D eigenvalue weighted by molar-refractivity contribution is 0.0947. The minimum Gasteiger partial charge on any atom is -0.338 e. The van der Waals surface area contributed by atoms with Crippen LogP contribution < -0.4 is 5.32 Å². The number of hydrogen-bond donors (Lipinski definition) is 1. The SMILES string of the molecule is CC1CNCC(C)N1Cc1nc(-c2ccccc2Cl)no1. The fourth-order valence-electron chi connectivity index (χ4n) is 2.71. The van der Waals surface area contributed by atoms with Crippen LogP contribution in [0, 0.1) is 0 Å². The summed E-state index contributed by atoms with van der Waals surface area (Å²) in [5, 5.41) is 8.10. The molecule has 3 rings (SSSR count). The molecule has 112 valence electrons. The number of piperazine rings is 1. The first-order valence-corrected chi connectivity index (χ1v) is 7.57. The average molecular weight is 307 g/mol. The third-order valence-electron chi connectivity index (χ3n) is 3.91. The van der Waals surface area contributed by atoms with Crippen molar-refractivity contribution in [3.8, 4) is 11.4 Å². The number of rotatable bonds is 3. The maximum atomic E-state index is 6.17. The molecule has 2 aromatic rings. The number of aromatic nitrogens is 2. The molecule has 2 unspecified atom stereocenters. The van der Waals surface area contributed by atoms with Crippen LogP contribution in [0.2, 0.25) is 5.02 Å². The van der Waals surface area contributed by atoms with Crippen molar-refractivity contribution in [2.75, 3.05) is 13.1 Å². The molecule has 1 aliphatic rings. The summed E-state index contributed by atoms with van der Waals surface area (Å²) < 4.78 is 5.39. The molecule has 6 heteroatoms. The van der Waals surface area contributed by atoms with E-state index in [4.69, 9.17) is 16.1 Å². The van der Waals surface area contributed by atoms with Crippen molar-refractivity contribution in [2.45, 2.75) is 32.5 Å². The van der Waals surface area contributed by atoms with E-state index in [1.165, 1.54) is 0 Å². The molecule has 2 heterocycles. The van der Waals surface area contributed by atoms with Crippen molar-refractivity contribution >= 4 is 11.6 Å². The zero-order chi connectivity index (χ0) is 14.8. The Balaban J connectivity index is 1.78. The monoisotopic (exact) mass is 306 g/mol. The number of halogens is 1. The highest BCUT2D eigenvalue weighted by Gasteiger charge is 2.26. The van der Waals surface area contributed by atoms with E-state index in [1.807, 2.05) is 24.3 Å². The molecular weight excluding hydrogens is 288 g/mol. The molecule has 1 aromatic carbocycles. The van der Waals surface area contributed by atoms with E-state index in [2.05, 4.69) is 34.2 Å². The molecule has 1 saturated heterocycles. The number of hydrogen-bond acceptors (Lipinski definition) is 5. The lowest BCUT2D eigenvalue weighted by Gasteiger charge is -2.38. The van der Waals surface area contributed by atoms with E-state index < -0.39 is 0 Å². The van der Waals surface area contributed by atoms with Gasteiger partial charge in [0.2, 0.25) is 11.7 Å². The van der Waals surface area contributed by atoms with Gasteiger partial charge in [-0.25, -0.2) is 0 Å². The normalized spacial score (nSPS) is 23.4. The van der Waals surface area contributed by atoms with Crippen LogP contribution in [0.4, 0.5) is 0 Å². The Kier molecular flexibility index (Phi) is 4.24. The first-order chi connectivity index (χ1) is 10.1. The van der Waals surface area contributed by atoms with E-state index >= 15 is 0 Å². The highest BCUT2D eigenvalue weighted by Crippen LogP contribution is 2.25. The van der Waals surface area contributed by atoms with Gasteiger partial charge in [-0.1, -0.05) is 28.9 Å². The number of benzene rings is 1. The fraction of sp³-hybridized carbons (Fsp3) is 0.467. The summed E-state index contributed by atoms with van der Waals surface area (Å²) in [6.07, 6.45) is 0. The average Bonchev–Trinajstić information content (AvgIpc) is 2.92. The van der Waals surface area contributed by atoms with Gasteiger partial charge in [-0.15, -0.1) is 0 Å². The molecule has 0 aliphatic carbocycles. The van der Waals surface area contributed by atoms with E-state index in [0.29, 0.717) is 35.4 Å². The lowest BCUT2D eigenvalue weighted by Crippen LogP contribution is -2.54. The molecule has 0 radical (unpaired) electrons. The van der Waals surface area contributed by atoms with E-state index in [-0.39, 0.29) is 0 Å². The molecule has 1 aromatic heterocycles. The lowest BCUT2D eigenvalue weighted by atomic mass is 10.1. The molecule has 1 aliphatic heterocycles. The molecule has 0 spiro atoms. The van der Waals surface area contributed by atoms with E-state index in [0.717, 1.165) is 18.7 Å². The third kappa shape index (κ3) is 3.10. The Morgan fingerprint density at radius 2 is 2.00 bits per heavy atom. The number of nitrogens with zero attached hydrogens (tertiary/aromatic N) is 3. The second-order valence-electron chi connectivity index (χ2n) is 5.52. The van der Waals surface area contributed by atoms with Crippen molar-refractivity contribution in [3.05, 3.63) is 35.2 Å². The van der Waals surface area contributed by atoms with Gasteiger partial charge < -0.3 is 9.84 Å². The van der Waals surface area contributed by atoms with Crippen molar-refractivity contribution in [1.82, 2.24) is 20.4 Å². The van der Waals surface area contributed by atoms with E-state index in [1.54, 1.807) is 0 Å². The summed E-state index contributed by atoms with van der Waals surface area (Å²) in [7, 11) is 0. The third-order valence-corrected chi connectivity index (χ3v) is 4.24. The predicted octanol–water partition coefficient (Wildman–Crippen LogP) is 2.57. The van der Waals surface area contributed by atoms with Crippen LogP contribution in [0.3, 0.4) is 0 Å². The molecule has 21 heavy (non-hydrogen) atoms. The first kappa shape index (κ1) is 14.5. The van der Waals surface area contributed by atoms with Crippen molar-refractivity contribution in [2.24, 2.45) is 0 Å². The number of nitrogens with one attached hydrogen (secondary N) is 1. The topological polar surface area (TPSA) is 54.2 Å². The molecule has 2 atom stereocenters. The largest absolute Gasteiger partial charge is 0.338 e. The maximum Gasteiger partial charge on any atom is 0.241 e. The zero-order valence-corrected chi connectivity index (χ0v) is 13.0. The Morgan fingerprint density at radius 1 is 1.29 bits per heavy atom. The molecule has 0 bridgehead atoms. The van der Waals surface area contributed by atoms with Crippen LogP contribution in [0.5, 0.6) is 0 Å². The van der Waals surface area contributed by atoms with E-state index in [9.17, 15) is 0 Å². The van der Waals surface area contributed by atoms with Crippen LogP contribution in [0.15, 0.2) is 28.8 Å². The fourth-order valence-corrected chi connectivity index (χ4v) is 2.93. The van der Waals surface area contributed by atoms with Gasteiger partial charge >= 0.3 is 0 Å². The Hall–Kier alpha value is -1.43. The smallest absolute Gasteiger partial charge is 0.241 e. The minimum atomic E-state index is 0.449. The van der Waals surface area contributed by atoms with Gasteiger partial charge in [-0.2, -0.15) is 4.98 Å². The second kappa shape index (κ2) is 6.13. The van der Waals surface area contributed by atoms with Gasteiger partial charge in [0.25, 0.3) is 0 Å². The van der Waals surface area contributed by atoms with Gasteiger partial charge in [0.15, 0.2) is 0 Å². The second-order valence-corrected chi connectivity index (χ2v) is 5.93. The van der Waals surface area contributed by atoms with Crippen LogP contribution in [0.1, 0.15) is 19.7 Å². The Bertz CT molecular complexity index is 605. The van der Waals surface area contributed by atoms with Gasteiger partial charge in [0.05, 0.1) is 11.6 Å². The minimum absolute atomic E-state index is 0.449. The first-order valence-electron chi connectivity index (χ1n) is 7.19. The van der Waals surface area contributed by atoms with Crippen LogP contribution >= 0.6 is 11.6 Å². The molecule has 0 saturated carbocycles. The van der Waals surface area contributed by atoms with Crippen LogP contribution in [-0.2, 0) is 6.54 Å². The van der Waals surface area contributed by atoms with Crippen LogP contribution in [0.25, 0.3) is 11.4 Å². The standard InChI is InChI=1S/C15H19ClN4O/c1-10-7-17-8-11(2)20(10)9-14-18-15(19-21-14)12-5-3-4-6-13(12)16/h3-6,10-11,17H,7-9H2,1-2H3. The molecule has 1 N–H and O–H groups in total. The molecular formula is C15H19ClN4O. The Labute approximate surface area is 129 Å². The highest BCUT2D eigenvalue weighted by atomic mass is 35.5. The summed E-state index contributed by atoms with van der Waals surface area (Å²) >= 11 is 6.17. The summed E-state index contributed by atoms with van der Waals surface area (Å²) in [5.74, 6) is 1.18. The van der Waals surface area contributed by atoms with Gasteiger partial charge in [-0.3, -0.25) is 4.90 Å². The molecule has 5 nitrogen and oxygen atoms in total. The highest BCUT2D eigenvalue weighted by molar-refractivity contribution is 6.33. The van der Waals surface area contributed by atoms with Crippen molar-refractivity contribution in [1.29, 1.82) is 0 Å². The zero-order valence-electron chi connectivity index (χ0n) is 12.2. The van der Waals surface area contributed by atoms with Gasteiger partial charge in [-0.05, 0) is 26.0 Å². The summed E-state index contributed by atoms with van der Waals surface area (Å²) in [6.45, 7) is 7.04. The Morgan fingerprint density at radius 3 is 2.71 bits per heavy atom.